The van der Waals surface area contributed by atoms with Gasteiger partial charge in [-0.1, -0.05) is 31.5 Å². The van der Waals surface area contributed by atoms with Gasteiger partial charge in [-0.2, -0.15) is 0 Å². The zero-order valence-corrected chi connectivity index (χ0v) is 13.2. The van der Waals surface area contributed by atoms with Crippen LogP contribution in [-0.2, 0) is 4.79 Å². The van der Waals surface area contributed by atoms with E-state index in [0.717, 1.165) is 19.3 Å². The maximum Gasteiger partial charge on any atom is 0.220 e. The van der Waals surface area contributed by atoms with Gasteiger partial charge in [0.15, 0.2) is 0 Å². The van der Waals surface area contributed by atoms with E-state index >= 15 is 0 Å². The minimum Gasteiger partial charge on any atom is -0.353 e. The molecule has 0 aromatic heterocycles. The van der Waals surface area contributed by atoms with E-state index in [1.807, 2.05) is 6.92 Å². The molecule has 118 valence electrons. The lowest BCUT2D eigenvalue weighted by Gasteiger charge is -2.21. The van der Waals surface area contributed by atoms with Crippen LogP contribution in [0.15, 0.2) is 24.3 Å². The van der Waals surface area contributed by atoms with Gasteiger partial charge >= 0.3 is 0 Å². The molecule has 1 aromatic carbocycles. The van der Waals surface area contributed by atoms with E-state index in [1.54, 1.807) is 18.2 Å². The molecule has 0 heterocycles. The molecule has 0 spiro atoms. The number of hydrogen-bond acceptors (Lipinski definition) is 2. The van der Waals surface area contributed by atoms with Crippen molar-refractivity contribution in [3.63, 3.8) is 0 Å². The molecule has 1 aromatic rings. The molecule has 1 fully saturated rings. The smallest absolute Gasteiger partial charge is 0.220 e. The minimum absolute atomic E-state index is 0. The highest BCUT2D eigenvalue weighted by molar-refractivity contribution is 5.85. The van der Waals surface area contributed by atoms with Crippen LogP contribution in [0.4, 0.5) is 4.39 Å². The van der Waals surface area contributed by atoms with Crippen molar-refractivity contribution in [3.05, 3.63) is 35.6 Å². The van der Waals surface area contributed by atoms with E-state index in [4.69, 9.17) is 5.73 Å². The Hall–Kier alpha value is -1.13. The molecule has 0 saturated heterocycles. The van der Waals surface area contributed by atoms with E-state index in [2.05, 4.69) is 5.32 Å². The maximum atomic E-state index is 13.7. The molecule has 0 aliphatic heterocycles. The summed E-state index contributed by atoms with van der Waals surface area (Å²) in [7, 11) is 0. The van der Waals surface area contributed by atoms with Crippen molar-refractivity contribution in [2.75, 3.05) is 6.54 Å². The van der Waals surface area contributed by atoms with Crippen LogP contribution in [0.3, 0.4) is 0 Å². The highest BCUT2D eigenvalue weighted by Gasteiger charge is 2.27. The van der Waals surface area contributed by atoms with Crippen molar-refractivity contribution in [3.8, 4) is 0 Å². The van der Waals surface area contributed by atoms with Crippen molar-refractivity contribution in [1.82, 2.24) is 5.32 Å². The zero-order valence-electron chi connectivity index (χ0n) is 12.3. The fourth-order valence-corrected chi connectivity index (χ4v) is 3.04. The monoisotopic (exact) mass is 314 g/mol. The highest BCUT2D eigenvalue weighted by Crippen LogP contribution is 2.26. The second-order valence-electron chi connectivity index (χ2n) is 5.73. The molecular weight excluding hydrogens is 291 g/mol. The van der Waals surface area contributed by atoms with Crippen LogP contribution in [0, 0.1) is 11.7 Å². The first kappa shape index (κ1) is 17.9. The first-order valence-corrected chi connectivity index (χ1v) is 7.35. The molecule has 5 heteroatoms. The maximum absolute atomic E-state index is 13.7. The van der Waals surface area contributed by atoms with Crippen LogP contribution in [-0.4, -0.2) is 18.5 Å². The molecule has 0 bridgehead atoms. The largest absolute Gasteiger partial charge is 0.353 e. The van der Waals surface area contributed by atoms with Crippen LogP contribution in [0.2, 0.25) is 0 Å². The Bertz CT molecular complexity index is 469. The van der Waals surface area contributed by atoms with Crippen LogP contribution in [0.1, 0.15) is 44.1 Å². The summed E-state index contributed by atoms with van der Waals surface area (Å²) >= 11 is 0. The summed E-state index contributed by atoms with van der Waals surface area (Å²) in [5, 5.41) is 3.06. The summed E-state index contributed by atoms with van der Waals surface area (Å²) in [6.45, 7) is 2.50. The second-order valence-corrected chi connectivity index (χ2v) is 5.73. The zero-order chi connectivity index (χ0) is 14.5. The molecule has 3 unspecified atom stereocenters. The topological polar surface area (TPSA) is 55.1 Å². The molecule has 3 N–H and O–H groups in total. The summed E-state index contributed by atoms with van der Waals surface area (Å²) in [4.78, 5) is 12.1. The second kappa shape index (κ2) is 8.35. The van der Waals surface area contributed by atoms with Gasteiger partial charge in [0.05, 0.1) is 0 Å². The van der Waals surface area contributed by atoms with Gasteiger partial charge in [-0.25, -0.2) is 4.39 Å². The third kappa shape index (κ3) is 4.68. The van der Waals surface area contributed by atoms with Crippen LogP contribution in [0.5, 0.6) is 0 Å². The number of nitrogens with one attached hydrogen (secondary N) is 1. The third-order valence-electron chi connectivity index (χ3n) is 4.24. The van der Waals surface area contributed by atoms with E-state index in [1.165, 1.54) is 6.07 Å². The van der Waals surface area contributed by atoms with Crippen molar-refractivity contribution in [2.24, 2.45) is 11.7 Å². The fourth-order valence-electron chi connectivity index (χ4n) is 3.04. The Balaban J connectivity index is 0.00000220. The lowest BCUT2D eigenvalue weighted by Crippen LogP contribution is -2.40. The number of rotatable bonds is 5. The van der Waals surface area contributed by atoms with Crippen LogP contribution < -0.4 is 11.1 Å². The number of benzene rings is 1. The number of carbonyl (C=O) groups excluding carboxylic acids is 1. The van der Waals surface area contributed by atoms with Gasteiger partial charge in [0.1, 0.15) is 5.82 Å². The SMILES string of the molecule is CC(CC(=O)NC1CCCC1CN)c1ccccc1F.Cl. The first-order chi connectivity index (χ1) is 9.61. The first-order valence-electron chi connectivity index (χ1n) is 7.35. The number of amides is 1. The predicted octanol–water partition coefficient (Wildman–Crippen LogP) is 2.98. The van der Waals surface area contributed by atoms with Crippen molar-refractivity contribution in [1.29, 1.82) is 0 Å². The molecular formula is C16H24ClFN2O. The lowest BCUT2D eigenvalue weighted by atomic mass is 9.96. The van der Waals surface area contributed by atoms with Gasteiger partial charge < -0.3 is 11.1 Å². The molecule has 1 aliphatic carbocycles. The summed E-state index contributed by atoms with van der Waals surface area (Å²) < 4.78 is 13.7. The highest BCUT2D eigenvalue weighted by atomic mass is 35.5. The minimum atomic E-state index is -0.242. The van der Waals surface area contributed by atoms with Gasteiger partial charge in [-0.05, 0) is 42.9 Å². The summed E-state index contributed by atoms with van der Waals surface area (Å²) in [6.07, 6.45) is 3.52. The van der Waals surface area contributed by atoms with Gasteiger partial charge in [0, 0.05) is 12.5 Å². The molecule has 1 aliphatic rings. The third-order valence-corrected chi connectivity index (χ3v) is 4.24. The van der Waals surface area contributed by atoms with Crippen molar-refractivity contribution < 1.29 is 9.18 Å². The summed E-state index contributed by atoms with van der Waals surface area (Å²) in [6, 6.07) is 6.83. The van der Waals surface area contributed by atoms with E-state index in [9.17, 15) is 9.18 Å². The Morgan fingerprint density at radius 2 is 2.14 bits per heavy atom. The summed E-state index contributed by atoms with van der Waals surface area (Å²) in [5.74, 6) is 0.0243. The van der Waals surface area contributed by atoms with Gasteiger partial charge in [0.25, 0.3) is 0 Å². The Morgan fingerprint density at radius 1 is 1.43 bits per heavy atom. The molecule has 1 saturated carbocycles. The van der Waals surface area contributed by atoms with Crippen LogP contribution in [0.25, 0.3) is 0 Å². The Morgan fingerprint density at radius 3 is 2.81 bits per heavy atom. The lowest BCUT2D eigenvalue weighted by molar-refractivity contribution is -0.122. The van der Waals surface area contributed by atoms with Crippen LogP contribution >= 0.6 is 12.4 Å². The number of halogens is 2. The molecule has 21 heavy (non-hydrogen) atoms. The van der Waals surface area contributed by atoms with Gasteiger partial charge in [0.2, 0.25) is 5.91 Å². The summed E-state index contributed by atoms with van der Waals surface area (Å²) in [5.41, 5.74) is 6.31. The number of carbonyl (C=O) groups is 1. The fraction of sp³-hybridized carbons (Fsp3) is 0.562. The van der Waals surface area contributed by atoms with E-state index < -0.39 is 0 Å². The quantitative estimate of drug-likeness (QED) is 0.878. The molecule has 0 radical (unpaired) electrons. The average Bonchev–Trinajstić information content (AvgIpc) is 2.86. The molecule has 3 atom stereocenters. The number of nitrogens with two attached hydrogens (primary N) is 1. The molecule has 2 rings (SSSR count). The van der Waals surface area contributed by atoms with Crippen molar-refractivity contribution >= 4 is 18.3 Å². The van der Waals surface area contributed by atoms with E-state index in [-0.39, 0.29) is 36.1 Å². The van der Waals surface area contributed by atoms with Gasteiger partial charge in [-0.15, -0.1) is 12.4 Å². The average molecular weight is 315 g/mol. The standard InChI is InChI=1S/C16H23FN2O.ClH/c1-11(13-6-2-3-7-14(13)17)9-16(20)19-15-8-4-5-12(15)10-18;/h2-3,6-7,11-12,15H,4-5,8-10,18H2,1H3,(H,19,20);1H. The van der Waals surface area contributed by atoms with Gasteiger partial charge in [-0.3, -0.25) is 4.79 Å². The Kier molecular flexibility index (Phi) is 7.12. The molecule has 3 nitrogen and oxygen atoms in total. The van der Waals surface area contributed by atoms with E-state index in [0.29, 0.717) is 24.4 Å². The molecule has 1 amide bonds. The van der Waals surface area contributed by atoms with Crippen molar-refractivity contribution in [2.45, 2.75) is 44.6 Å². The normalized spacial score (nSPS) is 22.4. The predicted molar refractivity (Wildman–Crippen MR) is 85.0 cm³/mol. The number of hydrogen-bond donors (Lipinski definition) is 2. The Labute approximate surface area is 131 Å².